The highest BCUT2D eigenvalue weighted by Gasteiger charge is 2.11. The van der Waals surface area contributed by atoms with Gasteiger partial charge in [-0.3, -0.25) is 4.79 Å². The van der Waals surface area contributed by atoms with E-state index in [0.717, 1.165) is 16.6 Å². The quantitative estimate of drug-likeness (QED) is 0.526. The van der Waals surface area contributed by atoms with Gasteiger partial charge in [-0.25, -0.2) is 4.79 Å². The van der Waals surface area contributed by atoms with Crippen molar-refractivity contribution < 1.29 is 19.1 Å². The molecule has 0 aliphatic carbocycles. The van der Waals surface area contributed by atoms with E-state index in [0.29, 0.717) is 16.9 Å². The molecule has 0 atom stereocenters. The Morgan fingerprint density at radius 2 is 1.81 bits per heavy atom. The minimum Gasteiger partial charge on any atom is -0.465 e. The van der Waals surface area contributed by atoms with Gasteiger partial charge < -0.3 is 14.0 Å². The van der Waals surface area contributed by atoms with Gasteiger partial charge in [-0.2, -0.15) is 0 Å². The summed E-state index contributed by atoms with van der Waals surface area (Å²) >= 11 is 0. The van der Waals surface area contributed by atoms with Crippen LogP contribution >= 0.6 is 0 Å². The van der Waals surface area contributed by atoms with Crippen LogP contribution in [0.15, 0.2) is 48.5 Å². The summed E-state index contributed by atoms with van der Waals surface area (Å²) in [5.41, 5.74) is 3.12. The Bertz CT molecular complexity index is 1010. The van der Waals surface area contributed by atoms with Crippen molar-refractivity contribution >= 4 is 35.0 Å². The van der Waals surface area contributed by atoms with Gasteiger partial charge >= 0.3 is 11.9 Å². The second-order valence-electron chi connectivity index (χ2n) is 5.86. The van der Waals surface area contributed by atoms with Crippen LogP contribution in [0.2, 0.25) is 0 Å². The Kier molecular flexibility index (Phi) is 4.89. The minimum atomic E-state index is -0.446. The second-order valence-corrected chi connectivity index (χ2v) is 5.86. The Labute approximate surface area is 151 Å². The van der Waals surface area contributed by atoms with E-state index < -0.39 is 11.9 Å². The number of nitrogens with zero attached hydrogens (tertiary/aromatic N) is 1. The highest BCUT2D eigenvalue weighted by molar-refractivity contribution is 5.91. The molecule has 2 aromatic carbocycles. The third-order valence-electron chi connectivity index (χ3n) is 4.11. The maximum atomic E-state index is 11.8. The molecule has 0 bridgehead atoms. The van der Waals surface area contributed by atoms with Crippen LogP contribution < -0.4 is 4.74 Å². The molecular formula is C21H19NO4. The summed E-state index contributed by atoms with van der Waals surface area (Å²) in [5.74, 6) is -0.478. The van der Waals surface area contributed by atoms with Crippen LogP contribution in [0, 0.1) is 0 Å². The summed E-state index contributed by atoms with van der Waals surface area (Å²) in [6.45, 7) is 1.34. The minimum absolute atomic E-state index is 0.389. The first-order valence-electron chi connectivity index (χ1n) is 8.13. The lowest BCUT2D eigenvalue weighted by atomic mass is 10.1. The molecule has 5 nitrogen and oxygen atoms in total. The predicted molar refractivity (Wildman–Crippen MR) is 101 cm³/mol. The molecular weight excluding hydrogens is 330 g/mol. The average molecular weight is 349 g/mol. The van der Waals surface area contributed by atoms with Crippen molar-refractivity contribution in [2.24, 2.45) is 7.05 Å². The van der Waals surface area contributed by atoms with Gasteiger partial charge in [0.1, 0.15) is 5.75 Å². The fraction of sp³-hybridized carbons (Fsp3) is 0.143. The first kappa shape index (κ1) is 17.5. The van der Waals surface area contributed by atoms with Crippen molar-refractivity contribution in [2.75, 3.05) is 7.11 Å². The molecule has 0 aliphatic rings. The van der Waals surface area contributed by atoms with Gasteiger partial charge in [0, 0.05) is 36.1 Å². The number of esters is 2. The van der Waals surface area contributed by atoms with E-state index in [1.807, 2.05) is 31.3 Å². The van der Waals surface area contributed by atoms with Crippen LogP contribution in [0.4, 0.5) is 0 Å². The van der Waals surface area contributed by atoms with E-state index in [2.05, 4.69) is 22.8 Å². The summed E-state index contributed by atoms with van der Waals surface area (Å²) in [6, 6.07) is 15.0. The molecule has 3 rings (SSSR count). The zero-order valence-electron chi connectivity index (χ0n) is 14.9. The van der Waals surface area contributed by atoms with Gasteiger partial charge in [0.15, 0.2) is 0 Å². The van der Waals surface area contributed by atoms with E-state index in [-0.39, 0.29) is 0 Å². The van der Waals surface area contributed by atoms with Gasteiger partial charge in [-0.15, -0.1) is 0 Å². The molecule has 3 aromatic rings. The number of benzene rings is 2. The number of para-hydroxylation sites is 1. The van der Waals surface area contributed by atoms with Crippen molar-refractivity contribution in [1.29, 1.82) is 0 Å². The number of aromatic nitrogens is 1. The Hall–Kier alpha value is -3.34. The SMILES string of the molecule is COC(=O)c1ccc(OC(C)=O)c(C=Cc2cc3ccccc3n2C)c1. The lowest BCUT2D eigenvalue weighted by Gasteiger charge is -2.08. The van der Waals surface area contributed by atoms with Gasteiger partial charge in [0.05, 0.1) is 12.7 Å². The molecule has 5 heteroatoms. The molecule has 0 amide bonds. The Morgan fingerprint density at radius 1 is 1.04 bits per heavy atom. The number of carbonyl (C=O) groups is 2. The van der Waals surface area contributed by atoms with Gasteiger partial charge in [-0.1, -0.05) is 18.2 Å². The fourth-order valence-corrected chi connectivity index (χ4v) is 2.82. The number of rotatable bonds is 4. The van der Waals surface area contributed by atoms with Crippen molar-refractivity contribution in [3.05, 3.63) is 65.4 Å². The summed E-state index contributed by atoms with van der Waals surface area (Å²) < 4.78 is 12.1. The van der Waals surface area contributed by atoms with Crippen molar-refractivity contribution in [3.8, 4) is 5.75 Å². The monoisotopic (exact) mass is 349 g/mol. The number of carbonyl (C=O) groups excluding carboxylic acids is 2. The third kappa shape index (κ3) is 3.52. The molecule has 1 heterocycles. The highest BCUT2D eigenvalue weighted by Crippen LogP contribution is 2.25. The van der Waals surface area contributed by atoms with Crippen molar-refractivity contribution in [1.82, 2.24) is 4.57 Å². The van der Waals surface area contributed by atoms with E-state index >= 15 is 0 Å². The van der Waals surface area contributed by atoms with Gasteiger partial charge in [-0.05, 0) is 42.5 Å². The van der Waals surface area contributed by atoms with E-state index in [1.54, 1.807) is 18.2 Å². The standard InChI is InChI=1S/C21H19NO4/c1-14(23)26-20-11-9-17(21(24)25-3)12-16(20)8-10-18-13-15-6-4-5-7-19(15)22(18)2/h4-13H,1-3H3. The van der Waals surface area contributed by atoms with Crippen LogP contribution in [0.1, 0.15) is 28.5 Å². The second kappa shape index (κ2) is 7.27. The molecule has 0 saturated heterocycles. The van der Waals surface area contributed by atoms with Crippen LogP contribution in [0.25, 0.3) is 23.1 Å². The first-order chi connectivity index (χ1) is 12.5. The van der Waals surface area contributed by atoms with E-state index in [9.17, 15) is 9.59 Å². The predicted octanol–water partition coefficient (Wildman–Crippen LogP) is 4.06. The van der Waals surface area contributed by atoms with Gasteiger partial charge in [0.25, 0.3) is 0 Å². The topological polar surface area (TPSA) is 57.5 Å². The lowest BCUT2D eigenvalue weighted by molar-refractivity contribution is -0.131. The van der Waals surface area contributed by atoms with Crippen LogP contribution in [0.3, 0.4) is 0 Å². The smallest absolute Gasteiger partial charge is 0.337 e. The average Bonchev–Trinajstić information content (AvgIpc) is 2.96. The highest BCUT2D eigenvalue weighted by atomic mass is 16.5. The van der Waals surface area contributed by atoms with Gasteiger partial charge in [0.2, 0.25) is 0 Å². The normalized spacial score (nSPS) is 11.0. The Balaban J connectivity index is 2.02. The molecule has 0 fully saturated rings. The summed E-state index contributed by atoms with van der Waals surface area (Å²) in [6.07, 6.45) is 3.74. The number of hydrogen-bond donors (Lipinski definition) is 0. The van der Waals surface area contributed by atoms with E-state index in [1.165, 1.54) is 14.0 Å². The maximum absolute atomic E-state index is 11.8. The van der Waals surface area contributed by atoms with Crippen molar-refractivity contribution in [3.63, 3.8) is 0 Å². The molecule has 0 unspecified atom stereocenters. The maximum Gasteiger partial charge on any atom is 0.337 e. The largest absolute Gasteiger partial charge is 0.465 e. The number of fused-ring (bicyclic) bond motifs is 1. The van der Waals surface area contributed by atoms with Crippen LogP contribution in [0.5, 0.6) is 5.75 Å². The molecule has 0 N–H and O–H groups in total. The number of aryl methyl sites for hydroxylation is 1. The molecule has 132 valence electrons. The van der Waals surface area contributed by atoms with Crippen LogP contribution in [-0.2, 0) is 16.6 Å². The molecule has 0 spiro atoms. The van der Waals surface area contributed by atoms with E-state index in [4.69, 9.17) is 9.47 Å². The molecule has 26 heavy (non-hydrogen) atoms. The zero-order chi connectivity index (χ0) is 18.7. The molecule has 0 aliphatic heterocycles. The third-order valence-corrected chi connectivity index (χ3v) is 4.11. The first-order valence-corrected chi connectivity index (χ1v) is 8.13. The number of ether oxygens (including phenoxy) is 2. The van der Waals surface area contributed by atoms with Crippen molar-refractivity contribution in [2.45, 2.75) is 6.92 Å². The summed E-state index contributed by atoms with van der Waals surface area (Å²) in [5, 5.41) is 1.14. The molecule has 1 aromatic heterocycles. The fourth-order valence-electron chi connectivity index (χ4n) is 2.82. The number of methoxy groups -OCH3 is 1. The molecule has 0 saturated carbocycles. The molecule has 0 radical (unpaired) electrons. The Morgan fingerprint density at radius 3 is 2.50 bits per heavy atom. The number of hydrogen-bond acceptors (Lipinski definition) is 4. The lowest BCUT2D eigenvalue weighted by Crippen LogP contribution is -2.05. The summed E-state index contributed by atoms with van der Waals surface area (Å²) in [7, 11) is 3.31. The summed E-state index contributed by atoms with van der Waals surface area (Å²) in [4.78, 5) is 23.1. The van der Waals surface area contributed by atoms with Crippen LogP contribution in [-0.4, -0.2) is 23.6 Å². The zero-order valence-corrected chi connectivity index (χ0v) is 14.9.